The molecule has 0 aliphatic carbocycles. The molecule has 0 bridgehead atoms. The van der Waals surface area contributed by atoms with E-state index < -0.39 is 10.0 Å². The Balaban J connectivity index is 2.28. The average Bonchev–Trinajstić information content (AvgIpc) is 2.44. The van der Waals surface area contributed by atoms with Crippen molar-refractivity contribution in [1.82, 2.24) is 4.31 Å². The van der Waals surface area contributed by atoms with Gasteiger partial charge in [-0.05, 0) is 24.6 Å². The number of hydrogen-bond donors (Lipinski definition) is 0. The lowest BCUT2D eigenvalue weighted by Crippen LogP contribution is -2.39. The summed E-state index contributed by atoms with van der Waals surface area (Å²) in [7, 11) is -3.32. The number of ether oxygens (including phenoxy) is 1. The van der Waals surface area contributed by atoms with Crippen LogP contribution in [0.5, 0.6) is 0 Å². The molecule has 0 amide bonds. The van der Waals surface area contributed by atoms with Crippen molar-refractivity contribution in [3.63, 3.8) is 0 Å². The number of nitrogens with zero attached hydrogens (tertiary/aromatic N) is 1. The minimum Gasteiger partial charge on any atom is -0.379 e. The summed E-state index contributed by atoms with van der Waals surface area (Å²) in [5.74, 6) is 0.00253. The quantitative estimate of drug-likeness (QED) is 0.840. The molecule has 106 valence electrons. The lowest BCUT2D eigenvalue weighted by Gasteiger charge is -2.25. The van der Waals surface area contributed by atoms with E-state index in [1.54, 1.807) is 18.2 Å². The van der Waals surface area contributed by atoms with E-state index in [0.29, 0.717) is 16.7 Å². The van der Waals surface area contributed by atoms with Gasteiger partial charge in [0.25, 0.3) is 0 Å². The van der Waals surface area contributed by atoms with Gasteiger partial charge < -0.3 is 4.74 Å². The fourth-order valence-electron chi connectivity index (χ4n) is 1.96. The number of hydrogen-bond acceptors (Lipinski definition) is 3. The Labute approximate surface area is 123 Å². The van der Waals surface area contributed by atoms with Gasteiger partial charge in [-0.15, -0.1) is 0 Å². The van der Waals surface area contributed by atoms with Crippen molar-refractivity contribution in [3.8, 4) is 0 Å². The monoisotopic (exact) mass is 323 g/mol. The minimum atomic E-state index is -3.32. The van der Waals surface area contributed by atoms with E-state index in [1.165, 1.54) is 4.31 Å². The highest BCUT2D eigenvalue weighted by atomic mass is 35.5. The van der Waals surface area contributed by atoms with Gasteiger partial charge in [-0.3, -0.25) is 0 Å². The van der Waals surface area contributed by atoms with Crippen molar-refractivity contribution in [2.45, 2.75) is 19.5 Å². The first-order chi connectivity index (χ1) is 8.90. The molecule has 0 aromatic heterocycles. The average molecular weight is 324 g/mol. The Morgan fingerprint density at radius 1 is 1.42 bits per heavy atom. The lowest BCUT2D eigenvalue weighted by atomic mass is 10.2. The molecule has 1 aliphatic heterocycles. The highest BCUT2D eigenvalue weighted by molar-refractivity contribution is 7.89. The summed E-state index contributed by atoms with van der Waals surface area (Å²) >= 11 is 11.9. The van der Waals surface area contributed by atoms with E-state index >= 15 is 0 Å². The van der Waals surface area contributed by atoms with E-state index in [9.17, 15) is 8.42 Å². The van der Waals surface area contributed by atoms with Crippen molar-refractivity contribution in [2.75, 3.05) is 19.0 Å². The molecule has 2 rings (SSSR count). The molecular weight excluding hydrogens is 309 g/mol. The maximum absolute atomic E-state index is 12.2. The molecule has 1 atom stereocenters. The topological polar surface area (TPSA) is 46.6 Å². The lowest BCUT2D eigenvalue weighted by molar-refractivity contribution is 0.116. The molecule has 0 saturated carbocycles. The predicted octanol–water partition coefficient (Wildman–Crippen LogP) is 2.54. The zero-order valence-corrected chi connectivity index (χ0v) is 12.8. The molecule has 0 N–H and O–H groups in total. The molecule has 4 nitrogen and oxygen atoms in total. The van der Waals surface area contributed by atoms with Crippen LogP contribution < -0.4 is 0 Å². The van der Waals surface area contributed by atoms with Crippen molar-refractivity contribution in [3.05, 3.63) is 33.8 Å². The molecule has 1 fully saturated rings. The van der Waals surface area contributed by atoms with Crippen LogP contribution in [0.25, 0.3) is 0 Å². The van der Waals surface area contributed by atoms with Crippen LogP contribution in [0, 0.1) is 0 Å². The first kappa shape index (κ1) is 15.1. The second kappa shape index (κ2) is 5.97. The molecule has 0 radical (unpaired) electrons. The van der Waals surface area contributed by atoms with Crippen molar-refractivity contribution >= 4 is 33.2 Å². The van der Waals surface area contributed by atoms with Crippen LogP contribution in [0.3, 0.4) is 0 Å². The van der Waals surface area contributed by atoms with Crippen LogP contribution in [-0.4, -0.2) is 37.7 Å². The van der Waals surface area contributed by atoms with Gasteiger partial charge in [-0.1, -0.05) is 29.3 Å². The minimum absolute atomic E-state index is 0.00253. The Kier molecular flexibility index (Phi) is 4.74. The molecule has 0 spiro atoms. The smallest absolute Gasteiger partial charge is 0.217 e. The molecular formula is C12H15Cl2NO3S. The fraction of sp³-hybridized carbons (Fsp3) is 0.500. The van der Waals surface area contributed by atoms with Crippen molar-refractivity contribution < 1.29 is 13.2 Å². The van der Waals surface area contributed by atoms with E-state index in [0.717, 1.165) is 5.56 Å². The summed E-state index contributed by atoms with van der Waals surface area (Å²) in [6, 6.07) is 4.86. The Hall–Kier alpha value is -0.330. The maximum atomic E-state index is 12.2. The summed E-state index contributed by atoms with van der Waals surface area (Å²) in [6.07, 6.45) is 0. The summed E-state index contributed by atoms with van der Waals surface area (Å²) in [5.41, 5.74) is 0.739. The molecule has 1 saturated heterocycles. The zero-order valence-electron chi connectivity index (χ0n) is 10.5. The SMILES string of the molecule is C[C@H]1COCCS(=O)(=O)N1Cc1ccc(Cl)cc1Cl. The van der Waals surface area contributed by atoms with Gasteiger partial charge in [0.1, 0.15) is 0 Å². The van der Waals surface area contributed by atoms with Crippen LogP contribution >= 0.6 is 23.2 Å². The van der Waals surface area contributed by atoms with E-state index in [1.807, 2.05) is 6.92 Å². The Morgan fingerprint density at radius 3 is 2.84 bits per heavy atom. The third-order valence-corrected chi connectivity index (χ3v) is 5.51. The van der Waals surface area contributed by atoms with Crippen LogP contribution in [0.2, 0.25) is 10.0 Å². The van der Waals surface area contributed by atoms with Crippen molar-refractivity contribution in [1.29, 1.82) is 0 Å². The summed E-state index contributed by atoms with van der Waals surface area (Å²) < 4.78 is 31.1. The summed E-state index contributed by atoms with van der Waals surface area (Å²) in [4.78, 5) is 0. The number of rotatable bonds is 2. The maximum Gasteiger partial charge on any atom is 0.217 e. The molecule has 1 heterocycles. The van der Waals surface area contributed by atoms with E-state index in [2.05, 4.69) is 0 Å². The van der Waals surface area contributed by atoms with Crippen LogP contribution in [0.15, 0.2) is 18.2 Å². The van der Waals surface area contributed by atoms with Crippen molar-refractivity contribution in [2.24, 2.45) is 0 Å². The third kappa shape index (κ3) is 3.61. The number of benzene rings is 1. The highest BCUT2D eigenvalue weighted by Crippen LogP contribution is 2.25. The van der Waals surface area contributed by atoms with Gasteiger partial charge in [0, 0.05) is 22.6 Å². The Morgan fingerprint density at radius 2 is 2.16 bits per heavy atom. The van der Waals surface area contributed by atoms with Crippen LogP contribution in [0.4, 0.5) is 0 Å². The van der Waals surface area contributed by atoms with Gasteiger partial charge in [-0.25, -0.2) is 8.42 Å². The number of sulfonamides is 1. The first-order valence-electron chi connectivity index (χ1n) is 5.91. The highest BCUT2D eigenvalue weighted by Gasteiger charge is 2.30. The standard InChI is InChI=1S/C12H15Cl2NO3S/c1-9-8-18-4-5-19(16,17)15(9)7-10-2-3-11(13)6-12(10)14/h2-3,6,9H,4-5,7-8H2,1H3/t9-/m0/s1. The Bertz CT molecular complexity index is 562. The van der Waals surface area contributed by atoms with Crippen LogP contribution in [0.1, 0.15) is 12.5 Å². The summed E-state index contributed by atoms with van der Waals surface area (Å²) in [6.45, 7) is 2.69. The second-order valence-electron chi connectivity index (χ2n) is 4.52. The second-order valence-corrected chi connectivity index (χ2v) is 7.41. The van der Waals surface area contributed by atoms with Gasteiger partial charge in [0.15, 0.2) is 0 Å². The van der Waals surface area contributed by atoms with Gasteiger partial charge >= 0.3 is 0 Å². The predicted molar refractivity (Wildman–Crippen MR) is 76.1 cm³/mol. The molecule has 19 heavy (non-hydrogen) atoms. The zero-order chi connectivity index (χ0) is 14.0. The summed E-state index contributed by atoms with van der Waals surface area (Å²) in [5, 5.41) is 1.00. The number of halogens is 2. The van der Waals surface area contributed by atoms with Gasteiger partial charge in [-0.2, -0.15) is 4.31 Å². The normalized spacial score (nSPS) is 24.1. The molecule has 1 aliphatic rings. The van der Waals surface area contributed by atoms with Crippen LogP contribution in [-0.2, 0) is 21.3 Å². The third-order valence-electron chi connectivity index (χ3n) is 3.03. The van der Waals surface area contributed by atoms with E-state index in [-0.39, 0.29) is 24.9 Å². The van der Waals surface area contributed by atoms with E-state index in [4.69, 9.17) is 27.9 Å². The van der Waals surface area contributed by atoms with Gasteiger partial charge in [0.2, 0.25) is 10.0 Å². The van der Waals surface area contributed by atoms with Gasteiger partial charge in [0.05, 0.1) is 19.0 Å². The first-order valence-corrected chi connectivity index (χ1v) is 8.28. The molecule has 7 heteroatoms. The molecule has 0 unspecified atom stereocenters. The fourth-order valence-corrected chi connectivity index (χ4v) is 3.94. The molecule has 1 aromatic rings. The molecule has 1 aromatic carbocycles. The largest absolute Gasteiger partial charge is 0.379 e.